The first kappa shape index (κ1) is 16.9. The third-order valence-corrected chi connectivity index (χ3v) is 5.49. The Morgan fingerprint density at radius 2 is 2.09 bits per heavy atom. The van der Waals surface area contributed by atoms with Crippen LogP contribution in [0.2, 0.25) is 0 Å². The van der Waals surface area contributed by atoms with Gasteiger partial charge in [-0.3, -0.25) is 4.79 Å². The average molecular weight is 329 g/mol. The van der Waals surface area contributed by atoms with E-state index in [-0.39, 0.29) is 18.7 Å². The van der Waals surface area contributed by atoms with Gasteiger partial charge in [-0.25, -0.2) is 12.8 Å². The Kier molecular flexibility index (Phi) is 5.52. The number of rotatable bonds is 5. The molecule has 1 heterocycles. The fourth-order valence-electron chi connectivity index (χ4n) is 2.61. The molecular weight excluding hydrogens is 309 g/mol. The molecule has 2 rings (SSSR count). The first-order valence-electron chi connectivity index (χ1n) is 7.35. The Morgan fingerprint density at radius 1 is 1.36 bits per heavy atom. The van der Waals surface area contributed by atoms with Gasteiger partial charge in [-0.15, -0.1) is 0 Å². The normalized spacial score (nSPS) is 19.8. The molecule has 122 valence electrons. The second-order valence-electron chi connectivity index (χ2n) is 5.22. The maximum atomic E-state index is 13.7. The molecule has 0 saturated carbocycles. The maximum absolute atomic E-state index is 13.7. The molecule has 0 aromatic heterocycles. The van der Waals surface area contributed by atoms with Crippen LogP contribution < -0.4 is 0 Å². The van der Waals surface area contributed by atoms with E-state index in [1.807, 2.05) is 0 Å². The largest absolute Gasteiger partial charge is 0.465 e. The third-order valence-electron chi connectivity index (χ3n) is 3.67. The number of carbonyl (C=O) groups is 1. The van der Waals surface area contributed by atoms with Crippen LogP contribution in [0.1, 0.15) is 31.7 Å². The highest BCUT2D eigenvalue weighted by Gasteiger charge is 2.37. The Labute approximate surface area is 130 Å². The standard InChI is InChI=1S/C15H20FNO4S/c1-2-21-15(18)14-9-5-6-10-17(14)22(19,20)11-12-7-3-4-8-13(12)16/h3-4,7-8,14H,2,5-6,9-11H2,1H3. The lowest BCUT2D eigenvalue weighted by Gasteiger charge is -2.33. The first-order chi connectivity index (χ1) is 10.5. The molecule has 22 heavy (non-hydrogen) atoms. The number of benzene rings is 1. The summed E-state index contributed by atoms with van der Waals surface area (Å²) in [5.41, 5.74) is 0.107. The molecule has 1 atom stereocenters. The van der Waals surface area contributed by atoms with Crippen LogP contribution in [0.25, 0.3) is 0 Å². The number of piperidine rings is 1. The number of sulfonamides is 1. The average Bonchev–Trinajstić information content (AvgIpc) is 2.50. The third kappa shape index (κ3) is 3.84. The van der Waals surface area contributed by atoms with Crippen LogP contribution in [-0.4, -0.2) is 37.9 Å². The summed E-state index contributed by atoms with van der Waals surface area (Å²) in [6.07, 6.45) is 1.90. The molecule has 0 spiro atoms. The van der Waals surface area contributed by atoms with Crippen molar-refractivity contribution in [2.75, 3.05) is 13.2 Å². The number of esters is 1. The topological polar surface area (TPSA) is 63.7 Å². The molecule has 0 N–H and O–H groups in total. The van der Waals surface area contributed by atoms with Gasteiger partial charge in [-0.2, -0.15) is 4.31 Å². The lowest BCUT2D eigenvalue weighted by atomic mass is 10.1. The lowest BCUT2D eigenvalue weighted by molar-refractivity contribution is -0.148. The SMILES string of the molecule is CCOC(=O)C1CCCCN1S(=O)(=O)Cc1ccccc1F. The second-order valence-corrected chi connectivity index (χ2v) is 7.14. The van der Waals surface area contributed by atoms with Gasteiger partial charge < -0.3 is 4.74 Å². The van der Waals surface area contributed by atoms with Crippen LogP contribution in [0.4, 0.5) is 4.39 Å². The zero-order chi connectivity index (χ0) is 16.2. The molecular formula is C15H20FNO4S. The van der Waals surface area contributed by atoms with Crippen LogP contribution in [0.5, 0.6) is 0 Å². The number of nitrogens with zero attached hydrogens (tertiary/aromatic N) is 1. The van der Waals surface area contributed by atoms with Crippen molar-refractivity contribution in [3.05, 3.63) is 35.6 Å². The molecule has 0 bridgehead atoms. The number of hydrogen-bond acceptors (Lipinski definition) is 4. The van der Waals surface area contributed by atoms with Crippen molar-refractivity contribution in [2.24, 2.45) is 0 Å². The van der Waals surface area contributed by atoms with E-state index in [1.54, 1.807) is 13.0 Å². The number of halogens is 1. The van der Waals surface area contributed by atoms with Crippen LogP contribution in [0.15, 0.2) is 24.3 Å². The van der Waals surface area contributed by atoms with E-state index >= 15 is 0 Å². The van der Waals surface area contributed by atoms with Crippen LogP contribution in [0.3, 0.4) is 0 Å². The Balaban J connectivity index is 2.22. The zero-order valence-electron chi connectivity index (χ0n) is 12.5. The smallest absolute Gasteiger partial charge is 0.324 e. The summed E-state index contributed by atoms with van der Waals surface area (Å²) in [5, 5.41) is 0. The van der Waals surface area contributed by atoms with E-state index in [1.165, 1.54) is 22.5 Å². The highest BCUT2D eigenvalue weighted by molar-refractivity contribution is 7.88. The van der Waals surface area contributed by atoms with E-state index < -0.39 is 33.6 Å². The summed E-state index contributed by atoms with van der Waals surface area (Å²) in [4.78, 5) is 12.0. The summed E-state index contributed by atoms with van der Waals surface area (Å²) in [7, 11) is -3.78. The molecule has 1 aromatic rings. The summed E-state index contributed by atoms with van der Waals surface area (Å²) in [6.45, 7) is 2.15. The summed E-state index contributed by atoms with van der Waals surface area (Å²) in [6, 6.07) is 4.96. The van der Waals surface area contributed by atoms with Crippen molar-refractivity contribution >= 4 is 16.0 Å². The van der Waals surface area contributed by atoms with E-state index in [9.17, 15) is 17.6 Å². The number of hydrogen-bond donors (Lipinski definition) is 0. The Bertz CT molecular complexity index is 632. The molecule has 1 unspecified atom stereocenters. The van der Waals surface area contributed by atoms with Crippen LogP contribution in [0, 0.1) is 5.82 Å². The van der Waals surface area contributed by atoms with Gasteiger partial charge >= 0.3 is 5.97 Å². The first-order valence-corrected chi connectivity index (χ1v) is 8.96. The summed E-state index contributed by atoms with van der Waals surface area (Å²) < 4.78 is 45.0. The van der Waals surface area contributed by atoms with Gasteiger partial charge in [0.1, 0.15) is 11.9 Å². The van der Waals surface area contributed by atoms with Gasteiger partial charge in [0, 0.05) is 12.1 Å². The molecule has 1 fully saturated rings. The van der Waals surface area contributed by atoms with Gasteiger partial charge in [-0.05, 0) is 32.3 Å². The maximum Gasteiger partial charge on any atom is 0.324 e. The predicted octanol–water partition coefficient (Wildman–Crippen LogP) is 2.07. The van der Waals surface area contributed by atoms with Gasteiger partial charge in [0.2, 0.25) is 10.0 Å². The van der Waals surface area contributed by atoms with E-state index in [0.717, 1.165) is 6.42 Å². The molecule has 0 radical (unpaired) electrons. The Hall–Kier alpha value is -1.47. The van der Waals surface area contributed by atoms with Crippen molar-refractivity contribution in [2.45, 2.75) is 38.0 Å². The molecule has 1 saturated heterocycles. The minimum atomic E-state index is -3.78. The highest BCUT2D eigenvalue weighted by Crippen LogP contribution is 2.24. The monoisotopic (exact) mass is 329 g/mol. The molecule has 0 aliphatic carbocycles. The van der Waals surface area contributed by atoms with Gasteiger partial charge in [-0.1, -0.05) is 18.2 Å². The van der Waals surface area contributed by atoms with Crippen LogP contribution in [-0.2, 0) is 25.3 Å². The zero-order valence-corrected chi connectivity index (χ0v) is 13.3. The van der Waals surface area contributed by atoms with E-state index in [2.05, 4.69) is 0 Å². The summed E-state index contributed by atoms with van der Waals surface area (Å²) in [5.74, 6) is -1.54. The minimum absolute atomic E-state index is 0.107. The second kappa shape index (κ2) is 7.19. The van der Waals surface area contributed by atoms with Crippen molar-refractivity contribution < 1.29 is 22.3 Å². The molecule has 7 heteroatoms. The van der Waals surface area contributed by atoms with Crippen molar-refractivity contribution in [1.29, 1.82) is 0 Å². The van der Waals surface area contributed by atoms with Gasteiger partial charge in [0.05, 0.1) is 12.4 Å². The fourth-order valence-corrected chi connectivity index (χ4v) is 4.39. The molecule has 0 amide bonds. The molecule has 1 aliphatic rings. The molecule has 1 aromatic carbocycles. The van der Waals surface area contributed by atoms with Gasteiger partial charge in [0.15, 0.2) is 0 Å². The van der Waals surface area contributed by atoms with Crippen molar-refractivity contribution in [3.63, 3.8) is 0 Å². The van der Waals surface area contributed by atoms with Crippen molar-refractivity contribution in [1.82, 2.24) is 4.31 Å². The number of carbonyl (C=O) groups excluding carboxylic acids is 1. The van der Waals surface area contributed by atoms with E-state index in [0.29, 0.717) is 12.8 Å². The fraction of sp³-hybridized carbons (Fsp3) is 0.533. The quantitative estimate of drug-likeness (QED) is 0.776. The van der Waals surface area contributed by atoms with Crippen molar-refractivity contribution in [3.8, 4) is 0 Å². The van der Waals surface area contributed by atoms with Gasteiger partial charge in [0.25, 0.3) is 0 Å². The highest BCUT2D eigenvalue weighted by atomic mass is 32.2. The lowest BCUT2D eigenvalue weighted by Crippen LogP contribution is -2.49. The number of ether oxygens (including phenoxy) is 1. The summed E-state index contributed by atoms with van der Waals surface area (Å²) >= 11 is 0. The molecule has 5 nitrogen and oxygen atoms in total. The van der Waals surface area contributed by atoms with E-state index in [4.69, 9.17) is 4.74 Å². The van der Waals surface area contributed by atoms with Crippen LogP contribution >= 0.6 is 0 Å². The Morgan fingerprint density at radius 3 is 2.77 bits per heavy atom. The minimum Gasteiger partial charge on any atom is -0.465 e. The molecule has 1 aliphatic heterocycles. The predicted molar refractivity (Wildman–Crippen MR) is 80.0 cm³/mol.